The fourth-order valence-electron chi connectivity index (χ4n) is 0.907. The van der Waals surface area contributed by atoms with Gasteiger partial charge in [0.2, 0.25) is 5.91 Å². The lowest BCUT2D eigenvalue weighted by Gasteiger charge is -2.07. The second-order valence-corrected chi connectivity index (χ2v) is 3.15. The summed E-state index contributed by atoms with van der Waals surface area (Å²) >= 11 is 5.86. The number of alkyl halides is 1. The average Bonchev–Trinajstić information content (AvgIpc) is 2.17. The Kier molecular flexibility index (Phi) is 3.25. The Morgan fingerprint density at radius 3 is 2.77 bits per heavy atom. The van der Waals surface area contributed by atoms with Crippen molar-refractivity contribution in [1.82, 2.24) is 10.3 Å². The van der Waals surface area contributed by atoms with E-state index in [0.29, 0.717) is 5.56 Å². The number of hydrogen-bond donors (Lipinski definition) is 1. The highest BCUT2D eigenvalue weighted by Gasteiger charge is 2.15. The number of aromatic nitrogens is 1. The van der Waals surface area contributed by atoms with Crippen LogP contribution in [0.4, 0.5) is 0 Å². The number of hydrogen-bond acceptors (Lipinski definition) is 2. The van der Waals surface area contributed by atoms with Gasteiger partial charge in [0, 0.05) is 18.9 Å². The maximum atomic E-state index is 11.1. The molecular weight excluding hydrogens is 188 g/mol. The van der Waals surface area contributed by atoms with E-state index in [-0.39, 0.29) is 5.91 Å². The van der Waals surface area contributed by atoms with E-state index >= 15 is 0 Å². The molecule has 13 heavy (non-hydrogen) atoms. The van der Waals surface area contributed by atoms with Crippen molar-refractivity contribution in [3.05, 3.63) is 29.6 Å². The molecule has 0 bridgehead atoms. The van der Waals surface area contributed by atoms with E-state index in [2.05, 4.69) is 10.3 Å². The van der Waals surface area contributed by atoms with Crippen LogP contribution in [-0.2, 0) is 4.79 Å². The van der Waals surface area contributed by atoms with Gasteiger partial charge in [0.15, 0.2) is 0 Å². The van der Waals surface area contributed by atoms with Gasteiger partial charge in [-0.2, -0.15) is 0 Å². The Balaban J connectivity index is 2.83. The molecule has 0 radical (unpaired) electrons. The molecule has 1 heterocycles. The SMILES string of the molecule is CNC(=O)C(Cl)c1ccc(C)nc1. The fraction of sp³-hybridized carbons (Fsp3) is 0.333. The molecule has 0 spiro atoms. The zero-order valence-corrected chi connectivity index (χ0v) is 8.30. The second kappa shape index (κ2) is 4.23. The monoisotopic (exact) mass is 198 g/mol. The Bertz CT molecular complexity index is 297. The first kappa shape index (κ1) is 9.99. The molecule has 0 aliphatic carbocycles. The van der Waals surface area contributed by atoms with Gasteiger partial charge in [0.25, 0.3) is 0 Å². The molecular formula is C9H11ClN2O. The number of carbonyl (C=O) groups excluding carboxylic acids is 1. The minimum Gasteiger partial charge on any atom is -0.358 e. The van der Waals surface area contributed by atoms with Crippen LogP contribution < -0.4 is 5.32 Å². The van der Waals surface area contributed by atoms with Crippen LogP contribution in [0.3, 0.4) is 0 Å². The molecule has 0 aromatic carbocycles. The number of pyridine rings is 1. The van der Waals surface area contributed by atoms with Crippen LogP contribution in [0.1, 0.15) is 16.6 Å². The topological polar surface area (TPSA) is 42.0 Å². The van der Waals surface area contributed by atoms with E-state index < -0.39 is 5.38 Å². The fourth-order valence-corrected chi connectivity index (χ4v) is 1.15. The molecule has 1 unspecified atom stereocenters. The second-order valence-electron chi connectivity index (χ2n) is 2.71. The van der Waals surface area contributed by atoms with Gasteiger partial charge in [-0.1, -0.05) is 6.07 Å². The molecule has 4 heteroatoms. The number of halogens is 1. The molecule has 70 valence electrons. The minimum absolute atomic E-state index is 0.215. The molecule has 1 amide bonds. The molecule has 1 rings (SSSR count). The average molecular weight is 199 g/mol. The third-order valence-electron chi connectivity index (χ3n) is 1.70. The van der Waals surface area contributed by atoms with Gasteiger partial charge in [-0.15, -0.1) is 11.6 Å². The molecule has 0 aliphatic heterocycles. The summed E-state index contributed by atoms with van der Waals surface area (Å²) in [6.07, 6.45) is 1.61. The number of nitrogens with one attached hydrogen (secondary N) is 1. The molecule has 1 aromatic rings. The highest BCUT2D eigenvalue weighted by molar-refractivity contribution is 6.30. The summed E-state index contributed by atoms with van der Waals surface area (Å²) in [6, 6.07) is 3.63. The van der Waals surface area contributed by atoms with Crippen LogP contribution in [0, 0.1) is 6.92 Å². The van der Waals surface area contributed by atoms with Gasteiger partial charge < -0.3 is 5.32 Å². The van der Waals surface area contributed by atoms with Gasteiger partial charge >= 0.3 is 0 Å². The van der Waals surface area contributed by atoms with Gasteiger partial charge in [-0.3, -0.25) is 9.78 Å². The van der Waals surface area contributed by atoms with Crippen LogP contribution >= 0.6 is 11.6 Å². The van der Waals surface area contributed by atoms with Crippen LogP contribution in [-0.4, -0.2) is 17.9 Å². The quantitative estimate of drug-likeness (QED) is 0.731. The first-order chi connectivity index (χ1) is 6.15. The Morgan fingerprint density at radius 2 is 2.31 bits per heavy atom. The van der Waals surface area contributed by atoms with E-state index in [9.17, 15) is 4.79 Å². The Hall–Kier alpha value is -1.09. The maximum absolute atomic E-state index is 11.1. The lowest BCUT2D eigenvalue weighted by molar-refractivity contribution is -0.120. The smallest absolute Gasteiger partial charge is 0.242 e. The molecule has 1 atom stereocenters. The van der Waals surface area contributed by atoms with Crippen molar-refractivity contribution in [3.63, 3.8) is 0 Å². The molecule has 0 saturated heterocycles. The number of nitrogens with zero attached hydrogens (tertiary/aromatic N) is 1. The van der Waals surface area contributed by atoms with Gasteiger partial charge in [0.1, 0.15) is 5.38 Å². The largest absolute Gasteiger partial charge is 0.358 e. The number of carbonyl (C=O) groups is 1. The lowest BCUT2D eigenvalue weighted by atomic mass is 10.2. The van der Waals surface area contributed by atoms with E-state index in [1.165, 1.54) is 0 Å². The van der Waals surface area contributed by atoms with Crippen LogP contribution in [0.15, 0.2) is 18.3 Å². The molecule has 0 fully saturated rings. The zero-order valence-electron chi connectivity index (χ0n) is 7.54. The zero-order chi connectivity index (χ0) is 9.84. The van der Waals surface area contributed by atoms with E-state index in [1.54, 1.807) is 19.3 Å². The molecule has 0 aliphatic rings. The first-order valence-electron chi connectivity index (χ1n) is 3.93. The van der Waals surface area contributed by atoms with Crippen molar-refractivity contribution >= 4 is 17.5 Å². The molecule has 3 nitrogen and oxygen atoms in total. The van der Waals surface area contributed by atoms with Crippen LogP contribution in [0.2, 0.25) is 0 Å². The Labute approximate surface area is 82.1 Å². The Morgan fingerprint density at radius 1 is 1.62 bits per heavy atom. The summed E-state index contributed by atoms with van der Waals surface area (Å²) in [5, 5.41) is 1.82. The van der Waals surface area contributed by atoms with Gasteiger partial charge in [-0.05, 0) is 18.6 Å². The third-order valence-corrected chi connectivity index (χ3v) is 2.15. The summed E-state index contributed by atoms with van der Waals surface area (Å²) in [5.74, 6) is -0.215. The summed E-state index contributed by atoms with van der Waals surface area (Å²) < 4.78 is 0. The van der Waals surface area contributed by atoms with Crippen molar-refractivity contribution in [2.24, 2.45) is 0 Å². The highest BCUT2D eigenvalue weighted by atomic mass is 35.5. The van der Waals surface area contributed by atoms with Crippen molar-refractivity contribution in [2.75, 3.05) is 7.05 Å². The lowest BCUT2D eigenvalue weighted by Crippen LogP contribution is -2.22. The molecule has 1 N–H and O–H groups in total. The number of amides is 1. The predicted molar refractivity (Wildman–Crippen MR) is 51.6 cm³/mol. The maximum Gasteiger partial charge on any atom is 0.242 e. The van der Waals surface area contributed by atoms with Crippen molar-refractivity contribution in [3.8, 4) is 0 Å². The number of aryl methyl sites for hydroxylation is 1. The first-order valence-corrected chi connectivity index (χ1v) is 4.37. The third kappa shape index (κ3) is 2.42. The van der Waals surface area contributed by atoms with Crippen molar-refractivity contribution in [1.29, 1.82) is 0 Å². The highest BCUT2D eigenvalue weighted by Crippen LogP contribution is 2.19. The van der Waals surface area contributed by atoms with Crippen molar-refractivity contribution in [2.45, 2.75) is 12.3 Å². The summed E-state index contributed by atoms with van der Waals surface area (Å²) in [4.78, 5) is 15.2. The standard InChI is InChI=1S/C9H11ClN2O/c1-6-3-4-7(5-12-6)8(10)9(13)11-2/h3-5,8H,1-2H3,(H,11,13). The van der Waals surface area contributed by atoms with Gasteiger partial charge in [-0.25, -0.2) is 0 Å². The number of likely N-dealkylation sites (N-methyl/N-ethyl adjacent to an activating group) is 1. The van der Waals surface area contributed by atoms with Gasteiger partial charge in [0.05, 0.1) is 0 Å². The van der Waals surface area contributed by atoms with Crippen molar-refractivity contribution < 1.29 is 4.79 Å². The summed E-state index contributed by atoms with van der Waals surface area (Å²) in [7, 11) is 1.55. The van der Waals surface area contributed by atoms with Crippen LogP contribution in [0.25, 0.3) is 0 Å². The van der Waals surface area contributed by atoms with E-state index in [4.69, 9.17) is 11.6 Å². The normalized spacial score (nSPS) is 12.2. The molecule has 0 saturated carbocycles. The van der Waals surface area contributed by atoms with E-state index in [0.717, 1.165) is 5.69 Å². The molecule has 1 aromatic heterocycles. The summed E-state index contributed by atoms with van der Waals surface area (Å²) in [5.41, 5.74) is 1.62. The minimum atomic E-state index is -0.655. The number of rotatable bonds is 2. The summed E-state index contributed by atoms with van der Waals surface area (Å²) in [6.45, 7) is 1.88. The van der Waals surface area contributed by atoms with Crippen LogP contribution in [0.5, 0.6) is 0 Å². The predicted octanol–water partition coefficient (Wildman–Crippen LogP) is 1.42. The van der Waals surface area contributed by atoms with E-state index in [1.807, 2.05) is 13.0 Å².